The molecule has 0 radical (unpaired) electrons. The molecular formula is C12H23NO2. The van der Waals surface area contributed by atoms with E-state index in [0.717, 1.165) is 13.0 Å². The van der Waals surface area contributed by atoms with Crippen LogP contribution in [0, 0.1) is 11.8 Å². The van der Waals surface area contributed by atoms with E-state index < -0.39 is 5.97 Å². The van der Waals surface area contributed by atoms with Gasteiger partial charge < -0.3 is 10.4 Å². The number of carbonyl (C=O) groups is 1. The van der Waals surface area contributed by atoms with Crippen molar-refractivity contribution < 1.29 is 9.90 Å². The molecule has 15 heavy (non-hydrogen) atoms. The summed E-state index contributed by atoms with van der Waals surface area (Å²) in [5.41, 5.74) is 0. The predicted molar refractivity (Wildman–Crippen MR) is 60.8 cm³/mol. The summed E-state index contributed by atoms with van der Waals surface area (Å²) in [5.74, 6) is 0.523. The molecule has 1 rings (SSSR count). The molecule has 1 heterocycles. The van der Waals surface area contributed by atoms with Gasteiger partial charge in [-0.15, -0.1) is 0 Å². The van der Waals surface area contributed by atoms with Crippen molar-refractivity contribution in [3.05, 3.63) is 0 Å². The average Bonchev–Trinajstić information content (AvgIpc) is 2.66. The summed E-state index contributed by atoms with van der Waals surface area (Å²) in [6.07, 6.45) is 5.89. The first-order valence-electron chi connectivity index (χ1n) is 6.11. The van der Waals surface area contributed by atoms with E-state index in [9.17, 15) is 4.79 Å². The van der Waals surface area contributed by atoms with Crippen LogP contribution < -0.4 is 5.32 Å². The van der Waals surface area contributed by atoms with E-state index in [1.807, 2.05) is 0 Å². The summed E-state index contributed by atoms with van der Waals surface area (Å²) in [7, 11) is 0. The molecule has 2 N–H and O–H groups in total. The Bertz CT molecular complexity index is 206. The summed E-state index contributed by atoms with van der Waals surface area (Å²) in [6, 6.07) is -0.302. The normalized spacial score (nSPS) is 27.9. The Morgan fingerprint density at radius 1 is 1.53 bits per heavy atom. The lowest BCUT2D eigenvalue weighted by Gasteiger charge is -2.17. The number of nitrogens with one attached hydrogen (secondary N) is 1. The largest absolute Gasteiger partial charge is 0.480 e. The fraction of sp³-hybridized carbons (Fsp3) is 0.917. The molecule has 0 aromatic carbocycles. The summed E-state index contributed by atoms with van der Waals surface area (Å²) in [6.45, 7) is 5.35. The van der Waals surface area contributed by atoms with E-state index in [4.69, 9.17) is 5.11 Å². The van der Waals surface area contributed by atoms with Crippen LogP contribution >= 0.6 is 0 Å². The molecule has 0 aliphatic carbocycles. The molecule has 0 aromatic rings. The van der Waals surface area contributed by atoms with Crippen LogP contribution in [-0.4, -0.2) is 23.7 Å². The van der Waals surface area contributed by atoms with Gasteiger partial charge in [-0.25, -0.2) is 0 Å². The molecule has 3 atom stereocenters. The second kappa shape index (κ2) is 6.11. The third kappa shape index (κ3) is 3.82. The highest BCUT2D eigenvalue weighted by Gasteiger charge is 2.31. The highest BCUT2D eigenvalue weighted by molar-refractivity contribution is 5.73. The van der Waals surface area contributed by atoms with Crippen LogP contribution in [0.2, 0.25) is 0 Å². The van der Waals surface area contributed by atoms with Crippen molar-refractivity contribution in [2.24, 2.45) is 11.8 Å². The summed E-state index contributed by atoms with van der Waals surface area (Å²) < 4.78 is 0. The smallest absolute Gasteiger partial charge is 0.320 e. The van der Waals surface area contributed by atoms with Gasteiger partial charge >= 0.3 is 5.97 Å². The van der Waals surface area contributed by atoms with Gasteiger partial charge in [0.1, 0.15) is 6.04 Å². The van der Waals surface area contributed by atoms with Gasteiger partial charge in [0, 0.05) is 0 Å². The van der Waals surface area contributed by atoms with E-state index >= 15 is 0 Å². The number of unbranched alkanes of at least 4 members (excludes halogenated alkanes) is 2. The van der Waals surface area contributed by atoms with E-state index in [1.54, 1.807) is 0 Å². The Labute approximate surface area is 92.3 Å². The van der Waals surface area contributed by atoms with Crippen molar-refractivity contribution in [1.29, 1.82) is 0 Å². The standard InChI is InChI=1S/C12H23NO2/c1-3-4-5-6-9(2)10-7-11(12(14)15)13-8-10/h9-11,13H,3-8H2,1-2H3,(H,14,15). The molecule has 0 bridgehead atoms. The van der Waals surface area contributed by atoms with Crippen LogP contribution in [-0.2, 0) is 4.79 Å². The maximum absolute atomic E-state index is 10.8. The van der Waals surface area contributed by atoms with Gasteiger partial charge in [0.2, 0.25) is 0 Å². The molecule has 3 heteroatoms. The molecule has 1 aliphatic rings. The molecule has 0 saturated carbocycles. The number of hydrogen-bond acceptors (Lipinski definition) is 2. The molecule has 88 valence electrons. The number of carboxylic acids is 1. The first-order chi connectivity index (χ1) is 7.15. The zero-order chi connectivity index (χ0) is 11.3. The van der Waals surface area contributed by atoms with Gasteiger partial charge in [-0.1, -0.05) is 39.5 Å². The third-order valence-electron chi connectivity index (χ3n) is 3.53. The monoisotopic (exact) mass is 213 g/mol. The molecule has 0 spiro atoms. The van der Waals surface area contributed by atoms with Crippen molar-refractivity contribution in [2.75, 3.05) is 6.54 Å². The molecular weight excluding hydrogens is 190 g/mol. The van der Waals surface area contributed by atoms with Gasteiger partial charge in [0.05, 0.1) is 0 Å². The minimum Gasteiger partial charge on any atom is -0.480 e. The maximum atomic E-state index is 10.8. The zero-order valence-corrected chi connectivity index (χ0v) is 9.83. The summed E-state index contributed by atoms with van der Waals surface area (Å²) >= 11 is 0. The molecule has 1 fully saturated rings. The second-order valence-electron chi connectivity index (χ2n) is 4.77. The number of rotatable bonds is 6. The van der Waals surface area contributed by atoms with E-state index in [2.05, 4.69) is 19.2 Å². The number of hydrogen-bond donors (Lipinski definition) is 2. The SMILES string of the molecule is CCCCCC(C)C1CNC(C(=O)O)C1. The minimum atomic E-state index is -0.696. The summed E-state index contributed by atoms with van der Waals surface area (Å²) in [5, 5.41) is 11.9. The zero-order valence-electron chi connectivity index (χ0n) is 9.83. The lowest BCUT2D eigenvalue weighted by Crippen LogP contribution is -2.29. The first-order valence-corrected chi connectivity index (χ1v) is 6.11. The fourth-order valence-electron chi connectivity index (χ4n) is 2.34. The molecule has 1 saturated heterocycles. The van der Waals surface area contributed by atoms with Gasteiger partial charge in [-0.2, -0.15) is 0 Å². The van der Waals surface area contributed by atoms with Crippen LogP contribution in [0.5, 0.6) is 0 Å². The Balaban J connectivity index is 2.24. The molecule has 0 amide bonds. The lowest BCUT2D eigenvalue weighted by molar-refractivity contribution is -0.139. The van der Waals surface area contributed by atoms with Crippen LogP contribution in [0.3, 0.4) is 0 Å². The van der Waals surface area contributed by atoms with Gasteiger partial charge in [-0.3, -0.25) is 4.79 Å². The lowest BCUT2D eigenvalue weighted by atomic mass is 9.87. The van der Waals surface area contributed by atoms with Gasteiger partial charge in [-0.05, 0) is 24.8 Å². The Kier molecular flexibility index (Phi) is 5.09. The van der Waals surface area contributed by atoms with Crippen LogP contribution in [0.15, 0.2) is 0 Å². The van der Waals surface area contributed by atoms with Crippen LogP contribution in [0.1, 0.15) is 46.0 Å². The van der Waals surface area contributed by atoms with Crippen molar-refractivity contribution in [1.82, 2.24) is 5.32 Å². The fourth-order valence-corrected chi connectivity index (χ4v) is 2.34. The van der Waals surface area contributed by atoms with Crippen molar-refractivity contribution in [3.63, 3.8) is 0 Å². The van der Waals surface area contributed by atoms with Crippen molar-refractivity contribution in [2.45, 2.75) is 52.0 Å². The van der Waals surface area contributed by atoms with Crippen LogP contribution in [0.4, 0.5) is 0 Å². The van der Waals surface area contributed by atoms with E-state index in [1.165, 1.54) is 25.7 Å². The highest BCUT2D eigenvalue weighted by atomic mass is 16.4. The minimum absolute atomic E-state index is 0.302. The third-order valence-corrected chi connectivity index (χ3v) is 3.53. The molecule has 3 nitrogen and oxygen atoms in total. The van der Waals surface area contributed by atoms with Gasteiger partial charge in [0.25, 0.3) is 0 Å². The maximum Gasteiger partial charge on any atom is 0.320 e. The van der Waals surface area contributed by atoms with Crippen molar-refractivity contribution in [3.8, 4) is 0 Å². The van der Waals surface area contributed by atoms with Gasteiger partial charge in [0.15, 0.2) is 0 Å². The Hall–Kier alpha value is -0.570. The Morgan fingerprint density at radius 2 is 2.27 bits per heavy atom. The second-order valence-corrected chi connectivity index (χ2v) is 4.77. The van der Waals surface area contributed by atoms with E-state index in [0.29, 0.717) is 11.8 Å². The average molecular weight is 213 g/mol. The highest BCUT2D eigenvalue weighted by Crippen LogP contribution is 2.26. The van der Waals surface area contributed by atoms with Crippen LogP contribution in [0.25, 0.3) is 0 Å². The predicted octanol–water partition coefficient (Wildman–Crippen LogP) is 2.27. The van der Waals surface area contributed by atoms with Crippen molar-refractivity contribution >= 4 is 5.97 Å². The number of aliphatic carboxylic acids is 1. The molecule has 3 unspecified atom stereocenters. The number of carboxylic acid groups (broad SMARTS) is 1. The quantitative estimate of drug-likeness (QED) is 0.665. The topological polar surface area (TPSA) is 49.3 Å². The molecule has 1 aliphatic heterocycles. The first kappa shape index (κ1) is 12.5. The molecule has 0 aromatic heterocycles. The Morgan fingerprint density at radius 3 is 2.80 bits per heavy atom. The van der Waals surface area contributed by atoms with E-state index in [-0.39, 0.29) is 6.04 Å². The summed E-state index contributed by atoms with van der Waals surface area (Å²) in [4.78, 5) is 10.8.